The van der Waals surface area contributed by atoms with Gasteiger partial charge < -0.3 is 10.1 Å². The number of hydrogen-bond acceptors (Lipinski definition) is 2. The van der Waals surface area contributed by atoms with E-state index in [1.807, 2.05) is 0 Å². The fourth-order valence-electron chi connectivity index (χ4n) is 3.26. The van der Waals surface area contributed by atoms with Crippen molar-refractivity contribution in [3.8, 4) is 5.75 Å². The maximum Gasteiger partial charge on any atom is 0.122 e. The summed E-state index contributed by atoms with van der Waals surface area (Å²) >= 11 is 0. The monoisotopic (exact) mass is 261 g/mol. The van der Waals surface area contributed by atoms with Gasteiger partial charge in [0.1, 0.15) is 5.75 Å². The summed E-state index contributed by atoms with van der Waals surface area (Å²) in [4.78, 5) is 0. The molecule has 1 N–H and O–H groups in total. The zero-order valence-corrected chi connectivity index (χ0v) is 12.5. The van der Waals surface area contributed by atoms with Gasteiger partial charge in [0.05, 0.1) is 6.61 Å². The predicted octanol–water partition coefficient (Wildman–Crippen LogP) is 3.97. The van der Waals surface area contributed by atoms with Crippen LogP contribution in [0.2, 0.25) is 0 Å². The Hall–Kier alpha value is -1.02. The van der Waals surface area contributed by atoms with Gasteiger partial charge in [-0.3, -0.25) is 0 Å². The van der Waals surface area contributed by atoms with Crippen molar-refractivity contribution in [3.05, 3.63) is 29.8 Å². The summed E-state index contributed by atoms with van der Waals surface area (Å²) in [6.07, 6.45) is 4.94. The lowest BCUT2D eigenvalue weighted by molar-refractivity contribution is 0.243. The highest BCUT2D eigenvalue weighted by molar-refractivity contribution is 5.37. The zero-order valence-electron chi connectivity index (χ0n) is 12.5. The molecule has 0 amide bonds. The second kappa shape index (κ2) is 6.95. The van der Waals surface area contributed by atoms with E-state index in [4.69, 9.17) is 4.74 Å². The molecular weight excluding hydrogens is 234 g/mol. The third kappa shape index (κ3) is 3.50. The highest BCUT2D eigenvalue weighted by Crippen LogP contribution is 2.37. The number of benzene rings is 1. The number of ether oxygens (including phenoxy) is 1. The van der Waals surface area contributed by atoms with Gasteiger partial charge in [0, 0.05) is 6.04 Å². The summed E-state index contributed by atoms with van der Waals surface area (Å²) in [7, 11) is 2.10. The van der Waals surface area contributed by atoms with Crippen molar-refractivity contribution >= 4 is 0 Å². The van der Waals surface area contributed by atoms with E-state index >= 15 is 0 Å². The molecule has 0 bridgehead atoms. The number of rotatable bonds is 6. The van der Waals surface area contributed by atoms with Gasteiger partial charge in [-0.2, -0.15) is 0 Å². The van der Waals surface area contributed by atoms with E-state index in [0.717, 1.165) is 24.7 Å². The molecule has 0 aliphatic carbocycles. The first kappa shape index (κ1) is 14.4. The number of para-hydroxylation sites is 1. The maximum atomic E-state index is 5.76. The molecule has 2 heteroatoms. The number of fused-ring (bicyclic) bond motifs is 1. The van der Waals surface area contributed by atoms with E-state index in [2.05, 4.69) is 50.5 Å². The van der Waals surface area contributed by atoms with Crippen LogP contribution in [0.15, 0.2) is 24.3 Å². The van der Waals surface area contributed by atoms with Crippen LogP contribution in [0.1, 0.15) is 51.0 Å². The van der Waals surface area contributed by atoms with Gasteiger partial charge in [-0.15, -0.1) is 0 Å². The average Bonchev–Trinajstić information content (AvgIpc) is 2.45. The first-order valence-corrected chi connectivity index (χ1v) is 7.65. The van der Waals surface area contributed by atoms with Crippen molar-refractivity contribution in [2.45, 2.75) is 51.5 Å². The Morgan fingerprint density at radius 1 is 1.37 bits per heavy atom. The van der Waals surface area contributed by atoms with Gasteiger partial charge in [-0.25, -0.2) is 0 Å². The molecule has 2 nitrogen and oxygen atoms in total. The van der Waals surface area contributed by atoms with Crippen molar-refractivity contribution in [1.82, 2.24) is 5.32 Å². The second-order valence-electron chi connectivity index (χ2n) is 5.77. The molecule has 1 aromatic rings. The molecule has 1 aliphatic heterocycles. The quantitative estimate of drug-likeness (QED) is 0.836. The minimum Gasteiger partial charge on any atom is -0.493 e. The number of hydrogen-bond donors (Lipinski definition) is 1. The molecule has 0 saturated heterocycles. The van der Waals surface area contributed by atoms with Crippen LogP contribution in [0.25, 0.3) is 0 Å². The molecule has 2 rings (SSSR count). The highest BCUT2D eigenvalue weighted by atomic mass is 16.5. The molecule has 3 atom stereocenters. The van der Waals surface area contributed by atoms with E-state index in [-0.39, 0.29) is 0 Å². The molecule has 0 fully saturated rings. The predicted molar refractivity (Wildman–Crippen MR) is 80.8 cm³/mol. The molecule has 0 spiro atoms. The molecular formula is C17H27NO. The van der Waals surface area contributed by atoms with Crippen LogP contribution in [0.4, 0.5) is 0 Å². The fourth-order valence-corrected chi connectivity index (χ4v) is 3.26. The largest absolute Gasteiger partial charge is 0.493 e. The van der Waals surface area contributed by atoms with Crippen LogP contribution in [-0.4, -0.2) is 19.7 Å². The smallest absolute Gasteiger partial charge is 0.122 e. The van der Waals surface area contributed by atoms with Crippen molar-refractivity contribution in [2.24, 2.45) is 5.92 Å². The van der Waals surface area contributed by atoms with Crippen LogP contribution in [0.3, 0.4) is 0 Å². The Balaban J connectivity index is 2.06. The minimum atomic E-state index is 0.608. The lowest BCUT2D eigenvalue weighted by Gasteiger charge is -2.31. The summed E-state index contributed by atoms with van der Waals surface area (Å²) < 4.78 is 5.76. The molecule has 3 unspecified atom stereocenters. The molecule has 106 valence electrons. The van der Waals surface area contributed by atoms with Crippen LogP contribution >= 0.6 is 0 Å². The van der Waals surface area contributed by atoms with E-state index in [1.165, 1.54) is 24.8 Å². The summed E-state index contributed by atoms with van der Waals surface area (Å²) in [5, 5.41) is 3.52. The minimum absolute atomic E-state index is 0.608. The summed E-state index contributed by atoms with van der Waals surface area (Å²) in [6.45, 7) is 5.50. The van der Waals surface area contributed by atoms with E-state index in [9.17, 15) is 0 Å². The van der Waals surface area contributed by atoms with E-state index < -0.39 is 0 Å². The molecule has 1 aliphatic rings. The highest BCUT2D eigenvalue weighted by Gasteiger charge is 2.25. The van der Waals surface area contributed by atoms with Gasteiger partial charge in [-0.05, 0) is 49.8 Å². The lowest BCUT2D eigenvalue weighted by Crippen LogP contribution is -2.34. The van der Waals surface area contributed by atoms with Crippen LogP contribution in [0.5, 0.6) is 5.75 Å². The van der Waals surface area contributed by atoms with Crippen molar-refractivity contribution in [3.63, 3.8) is 0 Å². The maximum absolute atomic E-state index is 5.76. The van der Waals surface area contributed by atoms with Gasteiger partial charge in [-0.1, -0.05) is 38.5 Å². The normalized spacial score (nSPS) is 21.3. The van der Waals surface area contributed by atoms with E-state index in [0.29, 0.717) is 12.0 Å². The first-order valence-electron chi connectivity index (χ1n) is 7.65. The topological polar surface area (TPSA) is 21.3 Å². The third-order valence-corrected chi connectivity index (χ3v) is 4.42. The first-order chi connectivity index (χ1) is 9.26. The van der Waals surface area contributed by atoms with Gasteiger partial charge in [0.15, 0.2) is 0 Å². The zero-order chi connectivity index (χ0) is 13.7. The third-order valence-electron chi connectivity index (χ3n) is 4.42. The Morgan fingerprint density at radius 3 is 2.89 bits per heavy atom. The fraction of sp³-hybridized carbons (Fsp3) is 0.647. The van der Waals surface area contributed by atoms with Gasteiger partial charge in [0.25, 0.3) is 0 Å². The molecule has 19 heavy (non-hydrogen) atoms. The standard InChI is InChI=1S/C17H27NO/c1-4-7-13(2)16(18-3)12-14-10-11-19-17-9-6-5-8-15(14)17/h5-6,8-9,13-14,16,18H,4,7,10-12H2,1-3H3. The Bertz CT molecular complexity index is 391. The molecule has 0 radical (unpaired) electrons. The lowest BCUT2D eigenvalue weighted by atomic mass is 9.83. The Labute approximate surface area is 117 Å². The molecule has 1 heterocycles. The molecule has 0 aromatic heterocycles. The van der Waals surface area contributed by atoms with Crippen molar-refractivity contribution in [2.75, 3.05) is 13.7 Å². The Morgan fingerprint density at radius 2 is 2.16 bits per heavy atom. The molecule has 0 saturated carbocycles. The van der Waals surface area contributed by atoms with Crippen LogP contribution < -0.4 is 10.1 Å². The van der Waals surface area contributed by atoms with Crippen LogP contribution in [-0.2, 0) is 0 Å². The SMILES string of the molecule is CCCC(C)C(CC1CCOc2ccccc21)NC. The van der Waals surface area contributed by atoms with Crippen molar-refractivity contribution < 1.29 is 4.74 Å². The van der Waals surface area contributed by atoms with Gasteiger partial charge >= 0.3 is 0 Å². The summed E-state index contributed by atoms with van der Waals surface area (Å²) in [6, 6.07) is 9.14. The van der Waals surface area contributed by atoms with Crippen LogP contribution in [0, 0.1) is 5.92 Å². The molecule has 1 aromatic carbocycles. The van der Waals surface area contributed by atoms with Gasteiger partial charge in [0.2, 0.25) is 0 Å². The summed E-state index contributed by atoms with van der Waals surface area (Å²) in [5.41, 5.74) is 1.40. The summed E-state index contributed by atoms with van der Waals surface area (Å²) in [5.74, 6) is 2.48. The van der Waals surface area contributed by atoms with Crippen molar-refractivity contribution in [1.29, 1.82) is 0 Å². The number of nitrogens with one attached hydrogen (secondary N) is 1. The van der Waals surface area contributed by atoms with E-state index in [1.54, 1.807) is 0 Å². The Kier molecular flexibility index (Phi) is 5.26. The average molecular weight is 261 g/mol. The second-order valence-corrected chi connectivity index (χ2v) is 5.77.